The van der Waals surface area contributed by atoms with Crippen LogP contribution in [0.3, 0.4) is 0 Å². The summed E-state index contributed by atoms with van der Waals surface area (Å²) in [6, 6.07) is 10.4. The SMILES string of the molecule is C[Se](C)C.[Sn][c]1ccccc1. The van der Waals surface area contributed by atoms with Crippen LogP contribution in [-0.2, 0) is 0 Å². The van der Waals surface area contributed by atoms with Gasteiger partial charge in [0.1, 0.15) is 0 Å². The van der Waals surface area contributed by atoms with Gasteiger partial charge in [-0.2, -0.15) is 0 Å². The summed E-state index contributed by atoms with van der Waals surface area (Å²) >= 11 is 1.45. The molecule has 0 bridgehead atoms. The van der Waals surface area contributed by atoms with Crippen LogP contribution in [0.5, 0.6) is 0 Å². The van der Waals surface area contributed by atoms with Gasteiger partial charge in [0.05, 0.1) is 0 Å². The van der Waals surface area contributed by atoms with Crippen molar-refractivity contribution in [3.63, 3.8) is 0 Å². The Bertz CT molecular complexity index is 169. The van der Waals surface area contributed by atoms with E-state index in [2.05, 4.69) is 41.7 Å². The summed E-state index contributed by atoms with van der Waals surface area (Å²) in [5.74, 6) is 6.88. The van der Waals surface area contributed by atoms with Gasteiger partial charge < -0.3 is 0 Å². The van der Waals surface area contributed by atoms with Crippen molar-refractivity contribution in [1.29, 1.82) is 0 Å². The molecule has 0 amide bonds. The third-order valence-corrected chi connectivity index (χ3v) is 1.73. The number of benzene rings is 1. The summed E-state index contributed by atoms with van der Waals surface area (Å²) in [5.41, 5.74) is 0. The first-order valence-corrected chi connectivity index (χ1v) is 9.95. The zero-order valence-electron chi connectivity index (χ0n) is 7.29. The Morgan fingerprint density at radius 1 is 1.00 bits per heavy atom. The van der Waals surface area contributed by atoms with Gasteiger partial charge in [0.25, 0.3) is 0 Å². The molecule has 0 saturated carbocycles. The van der Waals surface area contributed by atoms with Gasteiger partial charge in [0, 0.05) is 0 Å². The van der Waals surface area contributed by atoms with E-state index in [1.165, 1.54) is 26.1 Å². The van der Waals surface area contributed by atoms with Crippen molar-refractivity contribution in [1.82, 2.24) is 0 Å². The molecule has 0 aliphatic heterocycles. The Hall–Kier alpha value is 0.538. The van der Waals surface area contributed by atoms with Crippen LogP contribution < -0.4 is 3.58 Å². The van der Waals surface area contributed by atoms with Crippen molar-refractivity contribution < 1.29 is 0 Å². The Morgan fingerprint density at radius 3 is 1.55 bits per heavy atom. The second kappa shape index (κ2) is 7.20. The van der Waals surface area contributed by atoms with Gasteiger partial charge in [0.2, 0.25) is 0 Å². The minimum absolute atomic E-state index is 0.0417. The van der Waals surface area contributed by atoms with Crippen LogP contribution in [-0.4, -0.2) is 36.4 Å². The molecule has 0 saturated heterocycles. The molecule has 0 heterocycles. The van der Waals surface area contributed by atoms with Gasteiger partial charge in [-0.3, -0.25) is 0 Å². The van der Waals surface area contributed by atoms with Crippen molar-refractivity contribution in [3.05, 3.63) is 30.3 Å². The van der Waals surface area contributed by atoms with Crippen molar-refractivity contribution in [2.24, 2.45) is 0 Å². The van der Waals surface area contributed by atoms with Crippen LogP contribution >= 0.6 is 0 Å². The van der Waals surface area contributed by atoms with Gasteiger partial charge in [-0.05, 0) is 0 Å². The maximum atomic E-state index is 2.29. The molecule has 0 aliphatic carbocycles. The fourth-order valence-electron chi connectivity index (χ4n) is 0.438. The molecule has 0 unspecified atom stereocenters. The van der Waals surface area contributed by atoms with Gasteiger partial charge >= 0.3 is 87.8 Å². The summed E-state index contributed by atoms with van der Waals surface area (Å²) < 4.78 is 1.41. The molecule has 0 nitrogen and oxygen atoms in total. The molecular formula is C9H14SeSn. The molecule has 1 aromatic carbocycles. The molecule has 11 heavy (non-hydrogen) atoms. The normalized spacial score (nSPS) is 8.82. The summed E-state index contributed by atoms with van der Waals surface area (Å²) in [6.45, 7) is 0. The van der Waals surface area contributed by atoms with Crippen LogP contribution in [0.15, 0.2) is 30.3 Å². The van der Waals surface area contributed by atoms with Gasteiger partial charge in [-0.25, -0.2) is 0 Å². The molecule has 4 radical (unpaired) electrons. The van der Waals surface area contributed by atoms with E-state index in [1.807, 2.05) is 6.07 Å². The Balaban J connectivity index is 0.000000218. The second-order valence-electron chi connectivity index (χ2n) is 2.59. The van der Waals surface area contributed by atoms with E-state index in [4.69, 9.17) is 0 Å². The molecule has 0 fully saturated rings. The molecule has 0 atom stereocenters. The van der Waals surface area contributed by atoms with Crippen LogP contribution in [0.4, 0.5) is 0 Å². The standard InChI is InChI=1S/C6H5.C3H9Se.Sn/c1-2-4-6-5-3-1;1-4(2)3;/h1-5H;1-3H3;. The molecule has 1 aromatic rings. The van der Waals surface area contributed by atoms with E-state index in [9.17, 15) is 0 Å². The van der Waals surface area contributed by atoms with Gasteiger partial charge in [-0.1, -0.05) is 0 Å². The second-order valence-corrected chi connectivity index (χ2v) is 9.38. The first-order valence-electron chi connectivity index (χ1n) is 3.39. The summed E-state index contributed by atoms with van der Waals surface area (Å²) in [6.07, 6.45) is 0. The number of hydrogen-bond donors (Lipinski definition) is 0. The zero-order valence-corrected chi connectivity index (χ0v) is 11.9. The number of rotatable bonds is 0. The van der Waals surface area contributed by atoms with Crippen molar-refractivity contribution in [3.8, 4) is 0 Å². The topological polar surface area (TPSA) is 0 Å². The molecule has 0 aliphatic rings. The van der Waals surface area contributed by atoms with E-state index < -0.39 is 0 Å². The van der Waals surface area contributed by atoms with Crippen LogP contribution in [0.2, 0.25) is 17.5 Å². The monoisotopic (exact) mass is 322 g/mol. The predicted octanol–water partition coefficient (Wildman–Crippen LogP) is 1.85. The van der Waals surface area contributed by atoms with E-state index in [0.717, 1.165) is 0 Å². The maximum absolute atomic E-state index is 2.29. The summed E-state index contributed by atoms with van der Waals surface area (Å²) in [7, 11) is 0. The number of hydrogen-bond acceptors (Lipinski definition) is 0. The van der Waals surface area contributed by atoms with E-state index >= 15 is 0 Å². The Labute approximate surface area is 87.4 Å². The van der Waals surface area contributed by atoms with Gasteiger partial charge in [0.15, 0.2) is 0 Å². The first kappa shape index (κ1) is 11.5. The van der Waals surface area contributed by atoms with E-state index in [0.29, 0.717) is 0 Å². The molecule has 60 valence electrons. The molecule has 2 heteroatoms. The average molecular weight is 320 g/mol. The fraction of sp³-hybridized carbons (Fsp3) is 0.333. The van der Waals surface area contributed by atoms with Crippen molar-refractivity contribution >= 4 is 40.0 Å². The van der Waals surface area contributed by atoms with Crippen molar-refractivity contribution in [2.45, 2.75) is 17.5 Å². The molecule has 1 rings (SSSR count). The quantitative estimate of drug-likeness (QED) is 0.640. The van der Waals surface area contributed by atoms with Crippen LogP contribution in [0.25, 0.3) is 0 Å². The third-order valence-electron chi connectivity index (χ3n) is 0.774. The minimum atomic E-state index is -0.0417. The first-order chi connectivity index (χ1) is 5.13. The fourth-order valence-corrected chi connectivity index (χ4v) is 0.987. The summed E-state index contributed by atoms with van der Waals surface area (Å²) in [4.78, 5) is 0. The van der Waals surface area contributed by atoms with Gasteiger partial charge in [-0.15, -0.1) is 0 Å². The molecule has 0 N–H and O–H groups in total. The third kappa shape index (κ3) is 10.5. The van der Waals surface area contributed by atoms with E-state index in [-0.39, 0.29) is 13.9 Å². The Morgan fingerprint density at radius 2 is 1.36 bits per heavy atom. The van der Waals surface area contributed by atoms with Crippen molar-refractivity contribution in [2.75, 3.05) is 0 Å². The summed E-state index contributed by atoms with van der Waals surface area (Å²) in [5, 5.41) is 0. The van der Waals surface area contributed by atoms with Crippen LogP contribution in [0.1, 0.15) is 0 Å². The average Bonchev–Trinajstić information content (AvgIpc) is 1.87. The zero-order chi connectivity index (χ0) is 8.69. The van der Waals surface area contributed by atoms with E-state index in [1.54, 1.807) is 0 Å². The molecule has 0 spiro atoms. The molecule has 0 aromatic heterocycles. The van der Waals surface area contributed by atoms with Crippen LogP contribution in [0, 0.1) is 0 Å². The molecular weight excluding hydrogens is 306 g/mol. The Kier molecular flexibility index (Phi) is 7.55. The predicted molar refractivity (Wildman–Crippen MR) is 55.2 cm³/mol.